The Labute approximate surface area is 118 Å². The summed E-state index contributed by atoms with van der Waals surface area (Å²) in [6.45, 7) is 5.67. The summed E-state index contributed by atoms with van der Waals surface area (Å²) < 4.78 is 24.3. The molecule has 2 rings (SSSR count). The lowest BCUT2D eigenvalue weighted by atomic mass is 9.92. The molecular formula is C13H18N2O4S. The van der Waals surface area contributed by atoms with E-state index in [-0.39, 0.29) is 16.3 Å². The van der Waals surface area contributed by atoms with Gasteiger partial charge in [-0.15, -0.1) is 0 Å². The SMILES string of the molecule is C[C@H]1CN(CCS(=O)(=O)c2ccc([N+](=O)[O-])cc2)[C@H]1C. The molecule has 7 heteroatoms. The highest BCUT2D eigenvalue weighted by Gasteiger charge is 2.32. The first kappa shape index (κ1) is 14.9. The van der Waals surface area contributed by atoms with Crippen LogP contribution in [0.4, 0.5) is 5.69 Å². The standard InChI is InChI=1S/C13H18N2O4S/c1-10-9-14(11(10)2)7-8-20(18,19)13-5-3-12(4-6-13)15(16)17/h3-6,10-11H,7-9H2,1-2H3/t10-,11-/m0/s1. The van der Waals surface area contributed by atoms with Crippen molar-refractivity contribution >= 4 is 15.5 Å². The van der Waals surface area contributed by atoms with Gasteiger partial charge in [0.15, 0.2) is 9.84 Å². The third kappa shape index (κ3) is 2.99. The summed E-state index contributed by atoms with van der Waals surface area (Å²) in [5.74, 6) is 0.652. The minimum Gasteiger partial charge on any atom is -0.299 e. The van der Waals surface area contributed by atoms with Gasteiger partial charge in [-0.2, -0.15) is 0 Å². The molecule has 1 aromatic carbocycles. The van der Waals surface area contributed by atoms with E-state index < -0.39 is 14.8 Å². The van der Waals surface area contributed by atoms with E-state index in [1.54, 1.807) is 0 Å². The second kappa shape index (κ2) is 5.49. The van der Waals surface area contributed by atoms with Crippen LogP contribution in [0.25, 0.3) is 0 Å². The first-order valence-electron chi connectivity index (χ1n) is 6.52. The fourth-order valence-corrected chi connectivity index (χ4v) is 3.60. The molecule has 1 saturated heterocycles. The molecule has 0 N–H and O–H groups in total. The maximum Gasteiger partial charge on any atom is 0.269 e. The van der Waals surface area contributed by atoms with Crippen molar-refractivity contribution in [1.29, 1.82) is 0 Å². The van der Waals surface area contributed by atoms with Crippen LogP contribution >= 0.6 is 0 Å². The fourth-order valence-electron chi connectivity index (χ4n) is 2.34. The number of benzene rings is 1. The van der Waals surface area contributed by atoms with Crippen molar-refractivity contribution in [2.75, 3.05) is 18.8 Å². The van der Waals surface area contributed by atoms with Gasteiger partial charge < -0.3 is 0 Å². The second-order valence-corrected chi connectivity index (χ2v) is 7.39. The van der Waals surface area contributed by atoms with Gasteiger partial charge in [0.25, 0.3) is 5.69 Å². The predicted molar refractivity (Wildman–Crippen MR) is 75.3 cm³/mol. The Bertz CT molecular complexity index is 597. The molecule has 1 aromatic rings. The Morgan fingerprint density at radius 2 is 1.90 bits per heavy atom. The lowest BCUT2D eigenvalue weighted by molar-refractivity contribution is -0.384. The van der Waals surface area contributed by atoms with Crippen molar-refractivity contribution in [3.8, 4) is 0 Å². The molecule has 0 radical (unpaired) electrons. The molecule has 2 atom stereocenters. The zero-order chi connectivity index (χ0) is 14.9. The van der Waals surface area contributed by atoms with Gasteiger partial charge in [0.1, 0.15) is 0 Å². The van der Waals surface area contributed by atoms with Crippen LogP contribution in [-0.2, 0) is 9.84 Å². The van der Waals surface area contributed by atoms with E-state index in [4.69, 9.17) is 0 Å². The zero-order valence-electron chi connectivity index (χ0n) is 11.5. The van der Waals surface area contributed by atoms with Crippen molar-refractivity contribution in [2.24, 2.45) is 5.92 Å². The highest BCUT2D eigenvalue weighted by Crippen LogP contribution is 2.24. The van der Waals surface area contributed by atoms with E-state index in [1.807, 2.05) is 0 Å². The van der Waals surface area contributed by atoms with Crippen molar-refractivity contribution in [3.05, 3.63) is 34.4 Å². The molecule has 1 fully saturated rings. The van der Waals surface area contributed by atoms with Gasteiger partial charge in [-0.05, 0) is 25.0 Å². The third-order valence-electron chi connectivity index (χ3n) is 3.98. The Balaban J connectivity index is 2.01. The first-order chi connectivity index (χ1) is 9.31. The quantitative estimate of drug-likeness (QED) is 0.610. The molecule has 6 nitrogen and oxygen atoms in total. The van der Waals surface area contributed by atoms with E-state index in [0.29, 0.717) is 18.5 Å². The molecule has 0 aromatic heterocycles. The van der Waals surface area contributed by atoms with Crippen LogP contribution in [0.5, 0.6) is 0 Å². The lowest BCUT2D eigenvalue weighted by Gasteiger charge is -2.44. The normalized spacial score (nSPS) is 23.3. The summed E-state index contributed by atoms with van der Waals surface area (Å²) in [4.78, 5) is 12.3. The molecular weight excluding hydrogens is 280 g/mol. The first-order valence-corrected chi connectivity index (χ1v) is 8.18. The van der Waals surface area contributed by atoms with E-state index in [2.05, 4.69) is 18.7 Å². The topological polar surface area (TPSA) is 80.5 Å². The van der Waals surface area contributed by atoms with Crippen molar-refractivity contribution in [1.82, 2.24) is 4.90 Å². The fraction of sp³-hybridized carbons (Fsp3) is 0.538. The minimum absolute atomic E-state index is 0.0435. The lowest BCUT2D eigenvalue weighted by Crippen LogP contribution is -2.54. The maximum absolute atomic E-state index is 12.1. The van der Waals surface area contributed by atoms with Gasteiger partial charge in [0.2, 0.25) is 0 Å². The number of rotatable bonds is 5. The summed E-state index contributed by atoms with van der Waals surface area (Å²) in [5, 5.41) is 10.5. The molecule has 0 spiro atoms. The Kier molecular flexibility index (Phi) is 4.10. The van der Waals surface area contributed by atoms with Gasteiger partial charge in [-0.1, -0.05) is 6.92 Å². The van der Waals surface area contributed by atoms with Crippen LogP contribution in [0.15, 0.2) is 29.2 Å². The number of nitrogens with zero attached hydrogens (tertiary/aromatic N) is 2. The summed E-state index contributed by atoms with van der Waals surface area (Å²) in [7, 11) is -3.38. The van der Waals surface area contributed by atoms with Gasteiger partial charge >= 0.3 is 0 Å². The molecule has 110 valence electrons. The monoisotopic (exact) mass is 298 g/mol. The Morgan fingerprint density at radius 1 is 1.30 bits per heavy atom. The third-order valence-corrected chi connectivity index (χ3v) is 5.69. The molecule has 0 unspecified atom stereocenters. The van der Waals surface area contributed by atoms with Crippen LogP contribution in [0.2, 0.25) is 0 Å². The van der Waals surface area contributed by atoms with Gasteiger partial charge in [0, 0.05) is 31.3 Å². The molecule has 0 amide bonds. The summed E-state index contributed by atoms with van der Waals surface area (Å²) >= 11 is 0. The summed E-state index contributed by atoms with van der Waals surface area (Å²) in [6, 6.07) is 5.47. The van der Waals surface area contributed by atoms with Crippen molar-refractivity contribution in [2.45, 2.75) is 24.8 Å². The van der Waals surface area contributed by atoms with Gasteiger partial charge in [0.05, 0.1) is 15.6 Å². The second-order valence-electron chi connectivity index (χ2n) is 5.28. The van der Waals surface area contributed by atoms with E-state index in [9.17, 15) is 18.5 Å². The average Bonchev–Trinajstić information content (AvgIpc) is 2.43. The Hall–Kier alpha value is -1.47. The average molecular weight is 298 g/mol. The van der Waals surface area contributed by atoms with Gasteiger partial charge in [-0.3, -0.25) is 15.0 Å². The highest BCUT2D eigenvalue weighted by atomic mass is 32.2. The van der Waals surface area contributed by atoms with Crippen molar-refractivity contribution in [3.63, 3.8) is 0 Å². The molecule has 1 aliphatic rings. The van der Waals surface area contributed by atoms with E-state index in [0.717, 1.165) is 6.54 Å². The van der Waals surface area contributed by atoms with Gasteiger partial charge in [-0.25, -0.2) is 8.42 Å². The van der Waals surface area contributed by atoms with Crippen LogP contribution < -0.4 is 0 Å². The summed E-state index contributed by atoms with van der Waals surface area (Å²) in [5.41, 5.74) is -0.103. The number of non-ortho nitro benzene ring substituents is 1. The van der Waals surface area contributed by atoms with Crippen LogP contribution in [0.1, 0.15) is 13.8 Å². The smallest absolute Gasteiger partial charge is 0.269 e. The number of hydrogen-bond acceptors (Lipinski definition) is 5. The number of nitro benzene ring substituents is 1. The molecule has 1 aliphatic heterocycles. The Morgan fingerprint density at radius 3 is 2.35 bits per heavy atom. The van der Waals surface area contributed by atoms with Crippen LogP contribution in [-0.4, -0.2) is 43.1 Å². The summed E-state index contributed by atoms with van der Waals surface area (Å²) in [6.07, 6.45) is 0. The highest BCUT2D eigenvalue weighted by molar-refractivity contribution is 7.91. The van der Waals surface area contributed by atoms with E-state index >= 15 is 0 Å². The number of likely N-dealkylation sites (tertiary alicyclic amines) is 1. The van der Waals surface area contributed by atoms with Crippen LogP contribution in [0.3, 0.4) is 0 Å². The molecule has 1 heterocycles. The molecule has 0 saturated carbocycles. The number of hydrogen-bond donors (Lipinski definition) is 0. The number of sulfone groups is 1. The molecule has 0 aliphatic carbocycles. The van der Waals surface area contributed by atoms with Crippen LogP contribution in [0, 0.1) is 16.0 Å². The number of nitro groups is 1. The predicted octanol–water partition coefficient (Wildman–Crippen LogP) is 1.71. The molecule has 0 bridgehead atoms. The molecule has 20 heavy (non-hydrogen) atoms. The largest absolute Gasteiger partial charge is 0.299 e. The van der Waals surface area contributed by atoms with Crippen molar-refractivity contribution < 1.29 is 13.3 Å². The van der Waals surface area contributed by atoms with E-state index in [1.165, 1.54) is 24.3 Å². The zero-order valence-corrected chi connectivity index (χ0v) is 12.3. The minimum atomic E-state index is -3.38. The maximum atomic E-state index is 12.1.